The number of rotatable bonds is 8. The Morgan fingerprint density at radius 1 is 0.882 bits per heavy atom. The summed E-state index contributed by atoms with van der Waals surface area (Å²) in [5.41, 5.74) is 0. The maximum atomic E-state index is 7.24. The molecule has 0 aromatic heterocycles. The molecule has 0 aliphatic carbocycles. The van der Waals surface area contributed by atoms with E-state index in [2.05, 4.69) is 139 Å². The van der Waals surface area contributed by atoms with Gasteiger partial charge in [0.1, 0.15) is 0 Å². The molecule has 0 amide bonds. The van der Waals surface area contributed by atoms with Gasteiger partial charge < -0.3 is 13.9 Å². The summed E-state index contributed by atoms with van der Waals surface area (Å²) < 4.78 is 21.3. The lowest BCUT2D eigenvalue weighted by Gasteiger charge is -2.49. The van der Waals surface area contributed by atoms with E-state index >= 15 is 0 Å². The van der Waals surface area contributed by atoms with E-state index in [0.717, 1.165) is 4.43 Å². The van der Waals surface area contributed by atoms with Gasteiger partial charge in [-0.05, 0) is 35.2 Å². The van der Waals surface area contributed by atoms with Gasteiger partial charge >= 0.3 is 0 Å². The minimum Gasteiger partial charge on any atom is -0.407 e. The zero-order chi connectivity index (χ0) is 25.1. The summed E-state index contributed by atoms with van der Waals surface area (Å²) in [5.74, 6) is 0.429. The van der Waals surface area contributed by atoms with Crippen molar-refractivity contribution in [2.75, 3.05) is 11.0 Å². The first kappa shape index (κ1) is 27.8. The van der Waals surface area contributed by atoms with E-state index in [-0.39, 0.29) is 23.2 Å². The van der Waals surface area contributed by atoms with Crippen LogP contribution in [-0.4, -0.2) is 37.3 Å². The standard InChI is InChI=1S/C29H43IO3Si/c1-21(19-30)26-23(3)27(33-29(7,8)32-26)22(2)20-31-34(28(4,5)6,24-15-11-9-12-16-24)25-17-13-10-14-18-25/h9-18,21-23,26-27H,19-20H2,1-8H3/t21-,22+,23+,26-,27+/m0/s1. The fourth-order valence-electron chi connectivity index (χ4n) is 5.55. The summed E-state index contributed by atoms with van der Waals surface area (Å²) in [6.45, 7) is 18.6. The molecule has 1 heterocycles. The summed E-state index contributed by atoms with van der Waals surface area (Å²) in [6, 6.07) is 21.8. The van der Waals surface area contributed by atoms with E-state index in [0.29, 0.717) is 18.4 Å². The lowest BCUT2D eigenvalue weighted by molar-refractivity contribution is -0.334. The van der Waals surface area contributed by atoms with Gasteiger partial charge in [-0.25, -0.2) is 0 Å². The molecule has 0 N–H and O–H groups in total. The molecule has 3 rings (SSSR count). The molecule has 0 radical (unpaired) electrons. The predicted molar refractivity (Wildman–Crippen MR) is 154 cm³/mol. The molecule has 1 fully saturated rings. The van der Waals surface area contributed by atoms with Crippen LogP contribution in [0.1, 0.15) is 55.4 Å². The van der Waals surface area contributed by atoms with Crippen LogP contribution in [0.3, 0.4) is 0 Å². The molecule has 2 aromatic carbocycles. The van der Waals surface area contributed by atoms with Gasteiger partial charge in [0.2, 0.25) is 0 Å². The van der Waals surface area contributed by atoms with Crippen molar-refractivity contribution in [3.05, 3.63) is 60.7 Å². The predicted octanol–water partition coefficient (Wildman–Crippen LogP) is 6.43. The van der Waals surface area contributed by atoms with Crippen LogP contribution in [0.15, 0.2) is 60.7 Å². The van der Waals surface area contributed by atoms with E-state index in [1.165, 1.54) is 10.4 Å². The van der Waals surface area contributed by atoms with Gasteiger partial charge in [-0.3, -0.25) is 0 Å². The summed E-state index contributed by atoms with van der Waals surface area (Å²) in [5, 5.41) is 2.60. The van der Waals surface area contributed by atoms with Crippen LogP contribution in [0, 0.1) is 17.8 Å². The van der Waals surface area contributed by atoms with Crippen LogP contribution in [-0.2, 0) is 13.9 Å². The highest BCUT2D eigenvalue weighted by Gasteiger charge is 2.51. The Hall–Kier alpha value is -0.733. The van der Waals surface area contributed by atoms with Gasteiger partial charge in [-0.2, -0.15) is 0 Å². The van der Waals surface area contributed by atoms with Crippen LogP contribution in [0.2, 0.25) is 5.04 Å². The molecular weight excluding hydrogens is 551 g/mol. The van der Waals surface area contributed by atoms with Crippen molar-refractivity contribution in [1.29, 1.82) is 0 Å². The number of benzene rings is 2. The van der Waals surface area contributed by atoms with Crippen LogP contribution < -0.4 is 10.4 Å². The Kier molecular flexibility index (Phi) is 9.11. The van der Waals surface area contributed by atoms with Gasteiger partial charge in [-0.15, -0.1) is 0 Å². The fraction of sp³-hybridized carbons (Fsp3) is 0.586. The zero-order valence-electron chi connectivity index (χ0n) is 22.2. The lowest BCUT2D eigenvalue weighted by Crippen LogP contribution is -2.67. The third-order valence-corrected chi connectivity index (χ3v) is 13.6. The van der Waals surface area contributed by atoms with Crippen LogP contribution >= 0.6 is 22.6 Å². The monoisotopic (exact) mass is 594 g/mol. The average molecular weight is 595 g/mol. The van der Waals surface area contributed by atoms with E-state index in [1.807, 2.05) is 0 Å². The third-order valence-electron chi connectivity index (χ3n) is 7.22. The van der Waals surface area contributed by atoms with Gasteiger partial charge in [0, 0.05) is 22.9 Å². The molecule has 1 aliphatic heterocycles. The van der Waals surface area contributed by atoms with Crippen LogP contribution in [0.5, 0.6) is 0 Å². The molecular formula is C29H43IO3Si. The topological polar surface area (TPSA) is 27.7 Å². The highest BCUT2D eigenvalue weighted by Crippen LogP contribution is 2.40. The molecule has 1 saturated heterocycles. The Morgan fingerprint density at radius 2 is 1.32 bits per heavy atom. The second-order valence-corrected chi connectivity index (χ2v) is 16.7. The molecule has 188 valence electrons. The van der Waals surface area contributed by atoms with E-state index in [9.17, 15) is 0 Å². The summed E-state index contributed by atoms with van der Waals surface area (Å²) in [6.07, 6.45) is 0.262. The Balaban J connectivity index is 1.95. The molecule has 0 spiro atoms. The number of alkyl halides is 1. The first-order chi connectivity index (χ1) is 15.9. The molecule has 5 heteroatoms. The van der Waals surface area contributed by atoms with Crippen molar-refractivity contribution in [3.63, 3.8) is 0 Å². The van der Waals surface area contributed by atoms with Gasteiger partial charge in [0.15, 0.2) is 5.79 Å². The highest BCUT2D eigenvalue weighted by atomic mass is 127. The molecule has 2 aromatic rings. The van der Waals surface area contributed by atoms with Gasteiger partial charge in [-0.1, -0.05) is 125 Å². The second kappa shape index (κ2) is 11.1. The van der Waals surface area contributed by atoms with Crippen molar-refractivity contribution >= 4 is 41.3 Å². The minimum absolute atomic E-state index is 0.0326. The lowest BCUT2D eigenvalue weighted by atomic mass is 9.83. The van der Waals surface area contributed by atoms with Crippen molar-refractivity contribution in [3.8, 4) is 0 Å². The number of hydrogen-bond donors (Lipinski definition) is 0. The Labute approximate surface area is 222 Å². The summed E-state index contributed by atoms with van der Waals surface area (Å²) in [4.78, 5) is 0. The Bertz CT molecular complexity index is 857. The third kappa shape index (κ3) is 5.80. The normalized spacial score (nSPS) is 25.0. The number of hydrogen-bond acceptors (Lipinski definition) is 3. The molecule has 5 atom stereocenters. The highest BCUT2D eigenvalue weighted by molar-refractivity contribution is 14.1. The zero-order valence-corrected chi connectivity index (χ0v) is 25.3. The molecule has 0 unspecified atom stereocenters. The van der Waals surface area contributed by atoms with Crippen molar-refractivity contribution in [2.24, 2.45) is 17.8 Å². The summed E-state index contributed by atoms with van der Waals surface area (Å²) in [7, 11) is -2.57. The Morgan fingerprint density at radius 3 is 1.74 bits per heavy atom. The van der Waals surface area contributed by atoms with E-state index in [4.69, 9.17) is 13.9 Å². The minimum atomic E-state index is -2.57. The maximum absolute atomic E-state index is 7.24. The van der Waals surface area contributed by atoms with E-state index < -0.39 is 14.1 Å². The van der Waals surface area contributed by atoms with Crippen molar-refractivity contribution in [2.45, 2.75) is 78.4 Å². The molecule has 0 bridgehead atoms. The SMILES string of the molecule is C[C@@H]1[C@H]([C@@H](C)CI)OC(C)(C)O[C@@H]1[C@H](C)CO[Si](c1ccccc1)(c1ccccc1)C(C)(C)C. The number of halogens is 1. The van der Waals surface area contributed by atoms with Gasteiger partial charge in [0.25, 0.3) is 8.32 Å². The smallest absolute Gasteiger partial charge is 0.261 e. The largest absolute Gasteiger partial charge is 0.407 e. The first-order valence-electron chi connectivity index (χ1n) is 12.6. The second-order valence-electron chi connectivity index (χ2n) is 11.5. The molecule has 0 saturated carbocycles. The van der Waals surface area contributed by atoms with Gasteiger partial charge in [0.05, 0.1) is 12.2 Å². The van der Waals surface area contributed by atoms with Crippen molar-refractivity contribution in [1.82, 2.24) is 0 Å². The first-order valence-corrected chi connectivity index (χ1v) is 16.0. The molecule has 3 nitrogen and oxygen atoms in total. The maximum Gasteiger partial charge on any atom is 0.261 e. The van der Waals surface area contributed by atoms with Crippen LogP contribution in [0.25, 0.3) is 0 Å². The van der Waals surface area contributed by atoms with Crippen LogP contribution in [0.4, 0.5) is 0 Å². The van der Waals surface area contributed by atoms with Crippen molar-refractivity contribution < 1.29 is 13.9 Å². The molecule has 34 heavy (non-hydrogen) atoms. The van der Waals surface area contributed by atoms with E-state index in [1.54, 1.807) is 0 Å². The molecule has 1 aliphatic rings. The summed E-state index contributed by atoms with van der Waals surface area (Å²) >= 11 is 2.47. The average Bonchev–Trinajstić information content (AvgIpc) is 2.80. The fourth-order valence-corrected chi connectivity index (χ4v) is 10.7. The number of ether oxygens (including phenoxy) is 2. The quantitative estimate of drug-likeness (QED) is 0.201.